The smallest absolute Gasteiger partial charge is 0.311 e. The Kier molecular flexibility index (Phi) is 11.2. The number of nitrogens with one attached hydrogen (secondary N) is 1. The molecule has 3 N–H and O–H groups in total. The Hall–Kier alpha value is -1.91. The van der Waals surface area contributed by atoms with Crippen LogP contribution in [0.5, 0.6) is 0 Å². The first-order chi connectivity index (χ1) is 15.5. The molecule has 1 aliphatic heterocycles. The van der Waals surface area contributed by atoms with E-state index in [0.29, 0.717) is 0 Å². The summed E-state index contributed by atoms with van der Waals surface area (Å²) in [5.74, 6) is 0.699. The van der Waals surface area contributed by atoms with Crippen molar-refractivity contribution >= 4 is 23.0 Å². The van der Waals surface area contributed by atoms with Crippen molar-refractivity contribution in [3.8, 4) is 0 Å². The van der Waals surface area contributed by atoms with E-state index in [4.69, 9.17) is 10.5 Å². The minimum absolute atomic E-state index is 0.0505. The van der Waals surface area contributed by atoms with Gasteiger partial charge in [-0.3, -0.25) is 4.79 Å². The highest BCUT2D eigenvalue weighted by Gasteiger charge is 2.40. The maximum atomic E-state index is 12.3. The number of hydrogen-bond donors (Lipinski definition) is 2. The predicted molar refractivity (Wildman–Crippen MR) is 137 cm³/mol. The summed E-state index contributed by atoms with van der Waals surface area (Å²) >= 11 is 0. The second-order valence-corrected chi connectivity index (χ2v) is 9.83. The van der Waals surface area contributed by atoms with Crippen LogP contribution in [0.4, 0.5) is 17.1 Å². The zero-order chi connectivity index (χ0) is 23.4. The highest BCUT2D eigenvalue weighted by atomic mass is 16.5. The summed E-state index contributed by atoms with van der Waals surface area (Å²) in [6.45, 7) is 9.70. The molecule has 1 aromatic carbocycles. The van der Waals surface area contributed by atoms with E-state index in [-0.39, 0.29) is 11.4 Å². The topological polar surface area (TPSA) is 67.6 Å². The molecule has 2 fully saturated rings. The Labute approximate surface area is 196 Å². The summed E-state index contributed by atoms with van der Waals surface area (Å²) in [7, 11) is 1.50. The minimum Gasteiger partial charge on any atom is -0.469 e. The van der Waals surface area contributed by atoms with Gasteiger partial charge in [0.05, 0.1) is 23.9 Å². The van der Waals surface area contributed by atoms with Gasteiger partial charge in [-0.2, -0.15) is 0 Å². The molecule has 0 spiro atoms. The van der Waals surface area contributed by atoms with E-state index >= 15 is 0 Å². The van der Waals surface area contributed by atoms with Crippen molar-refractivity contribution in [1.82, 2.24) is 0 Å². The highest BCUT2D eigenvalue weighted by molar-refractivity contribution is 5.77. The third kappa shape index (κ3) is 7.60. The molecule has 32 heavy (non-hydrogen) atoms. The van der Waals surface area contributed by atoms with Gasteiger partial charge < -0.3 is 20.7 Å². The molecule has 0 amide bonds. The average Bonchev–Trinajstić information content (AvgIpc) is 3.25. The van der Waals surface area contributed by atoms with E-state index in [0.717, 1.165) is 69.0 Å². The number of rotatable bonds is 9. The van der Waals surface area contributed by atoms with Gasteiger partial charge in [0.2, 0.25) is 0 Å². The van der Waals surface area contributed by atoms with Crippen LogP contribution in [0.15, 0.2) is 18.2 Å². The maximum absolute atomic E-state index is 12.3. The van der Waals surface area contributed by atoms with Gasteiger partial charge in [0, 0.05) is 25.3 Å². The number of benzene rings is 1. The molecular formula is C27H47N3O2. The van der Waals surface area contributed by atoms with Crippen molar-refractivity contribution in [1.29, 1.82) is 0 Å². The Morgan fingerprint density at radius 3 is 2.41 bits per heavy atom. The molecule has 5 nitrogen and oxygen atoms in total. The van der Waals surface area contributed by atoms with Crippen LogP contribution in [0.2, 0.25) is 0 Å². The lowest BCUT2D eigenvalue weighted by atomic mass is 9.72. The van der Waals surface area contributed by atoms with Crippen LogP contribution in [-0.2, 0) is 9.53 Å². The molecule has 0 radical (unpaired) electrons. The van der Waals surface area contributed by atoms with E-state index < -0.39 is 0 Å². The van der Waals surface area contributed by atoms with E-state index in [1.54, 1.807) is 0 Å². The zero-order valence-corrected chi connectivity index (χ0v) is 21.0. The molecule has 0 unspecified atom stereocenters. The van der Waals surface area contributed by atoms with E-state index in [2.05, 4.69) is 49.2 Å². The number of nitrogen functional groups attached to an aromatic ring is 1. The monoisotopic (exact) mass is 445 g/mol. The van der Waals surface area contributed by atoms with E-state index in [9.17, 15) is 4.79 Å². The van der Waals surface area contributed by atoms with Gasteiger partial charge in [-0.15, -0.1) is 0 Å². The zero-order valence-electron chi connectivity index (χ0n) is 21.0. The lowest BCUT2D eigenvalue weighted by Crippen LogP contribution is -2.36. The molecule has 182 valence electrons. The Morgan fingerprint density at radius 1 is 1.19 bits per heavy atom. The molecule has 0 aromatic heterocycles. The van der Waals surface area contributed by atoms with Gasteiger partial charge in [0.25, 0.3) is 0 Å². The molecule has 2 aliphatic rings. The Balaban J connectivity index is 0.000000534. The summed E-state index contributed by atoms with van der Waals surface area (Å²) < 4.78 is 5.10. The first-order valence-corrected chi connectivity index (χ1v) is 12.9. The number of hydrogen-bond acceptors (Lipinski definition) is 5. The van der Waals surface area contributed by atoms with Crippen molar-refractivity contribution in [3.05, 3.63) is 18.2 Å². The summed E-state index contributed by atoms with van der Waals surface area (Å²) in [4.78, 5) is 14.7. The number of unbranched alkanes of at least 4 members (excludes halogenated alkanes) is 3. The lowest BCUT2D eigenvalue weighted by molar-refractivity contribution is -0.155. The quantitative estimate of drug-likeness (QED) is 0.254. The standard InChI is InChI=1S/C21H33N3O2.C6H14/c1-16-8-13-24(15-16)17-6-7-19(18(22)14-17)23-12-11-21(20(25)26-2)9-4-3-5-10-21;1-3-5-6-4-2/h6-7,14,16,23H,3-5,8-13,15,22H2,1-2H3;3-6H2,1-2H3/t16-;/m1./s1. The molecule has 1 atom stereocenters. The molecule has 3 rings (SSSR count). The van der Waals surface area contributed by atoms with Crippen LogP contribution < -0.4 is 16.0 Å². The van der Waals surface area contributed by atoms with Crippen molar-refractivity contribution in [2.75, 3.05) is 42.7 Å². The summed E-state index contributed by atoms with van der Waals surface area (Å²) in [6, 6.07) is 6.28. The van der Waals surface area contributed by atoms with Crippen molar-refractivity contribution in [2.45, 2.75) is 91.4 Å². The molecule has 1 saturated carbocycles. The van der Waals surface area contributed by atoms with Crippen LogP contribution in [0.1, 0.15) is 91.4 Å². The number of carbonyl (C=O) groups excluding carboxylic acids is 1. The van der Waals surface area contributed by atoms with Crippen LogP contribution in [0, 0.1) is 11.3 Å². The Bertz CT molecular complexity index is 681. The molecule has 5 heteroatoms. The van der Waals surface area contributed by atoms with Crippen molar-refractivity contribution in [3.63, 3.8) is 0 Å². The molecule has 1 aromatic rings. The maximum Gasteiger partial charge on any atom is 0.311 e. The molecular weight excluding hydrogens is 398 g/mol. The van der Waals surface area contributed by atoms with E-state index in [1.165, 1.54) is 51.3 Å². The fourth-order valence-corrected chi connectivity index (χ4v) is 5.02. The Morgan fingerprint density at radius 2 is 1.88 bits per heavy atom. The van der Waals surface area contributed by atoms with Crippen molar-refractivity contribution < 1.29 is 9.53 Å². The summed E-state index contributed by atoms with van der Waals surface area (Å²) in [5, 5.41) is 3.44. The van der Waals surface area contributed by atoms with E-state index in [1.807, 2.05) is 0 Å². The van der Waals surface area contributed by atoms with Gasteiger partial charge in [-0.1, -0.05) is 65.7 Å². The minimum atomic E-state index is -0.319. The number of ether oxygens (including phenoxy) is 1. The molecule has 1 heterocycles. The summed E-state index contributed by atoms with van der Waals surface area (Å²) in [6.07, 6.45) is 12.9. The third-order valence-corrected chi connectivity index (χ3v) is 7.13. The van der Waals surface area contributed by atoms with Gasteiger partial charge in [-0.05, 0) is 49.8 Å². The number of esters is 1. The highest BCUT2D eigenvalue weighted by Crippen LogP contribution is 2.40. The fraction of sp³-hybridized carbons (Fsp3) is 0.741. The normalized spacial score (nSPS) is 19.8. The number of anilines is 3. The van der Waals surface area contributed by atoms with Gasteiger partial charge in [0.15, 0.2) is 0 Å². The first kappa shape index (κ1) is 26.3. The second-order valence-electron chi connectivity index (χ2n) is 9.83. The molecule has 1 saturated heterocycles. The van der Waals surface area contributed by atoms with Gasteiger partial charge in [-0.25, -0.2) is 0 Å². The number of methoxy groups -OCH3 is 1. The van der Waals surface area contributed by atoms with Crippen LogP contribution >= 0.6 is 0 Å². The van der Waals surface area contributed by atoms with Gasteiger partial charge in [0.1, 0.15) is 0 Å². The van der Waals surface area contributed by atoms with Crippen LogP contribution in [0.3, 0.4) is 0 Å². The lowest BCUT2D eigenvalue weighted by Gasteiger charge is -2.34. The van der Waals surface area contributed by atoms with Crippen molar-refractivity contribution in [2.24, 2.45) is 11.3 Å². The third-order valence-electron chi connectivity index (χ3n) is 7.13. The summed E-state index contributed by atoms with van der Waals surface area (Å²) in [5.41, 5.74) is 8.90. The second kappa shape index (κ2) is 13.6. The van der Waals surface area contributed by atoms with Crippen LogP contribution in [0.25, 0.3) is 0 Å². The SMILES string of the molecule is CCCCCC.COC(=O)C1(CCNc2ccc(N3CC[C@@H](C)C3)cc2N)CCCCC1. The molecule has 1 aliphatic carbocycles. The van der Waals surface area contributed by atoms with Crippen LogP contribution in [-0.4, -0.2) is 32.7 Å². The fourth-order valence-electron chi connectivity index (χ4n) is 5.02. The number of nitrogens with two attached hydrogens (primary N) is 1. The number of carbonyl (C=O) groups is 1. The largest absolute Gasteiger partial charge is 0.469 e. The average molecular weight is 446 g/mol. The predicted octanol–water partition coefficient (Wildman–Crippen LogP) is 6.63. The molecule has 0 bridgehead atoms. The first-order valence-electron chi connectivity index (χ1n) is 12.9. The van der Waals surface area contributed by atoms with Gasteiger partial charge >= 0.3 is 5.97 Å². The number of nitrogens with zero attached hydrogens (tertiary/aromatic N) is 1.